The molecule has 208 valence electrons. The van der Waals surface area contributed by atoms with Crippen LogP contribution in [-0.4, -0.2) is 60.2 Å². The standard InChI is InChI=1S/C28H27ClN4O5S2/c1-18-3-8-22(9-4-18)33-27(35)23-10-6-20(29)15-24(23)31-28(33)39-17-26(34)30-21-7-5-19(2)25(16-21)40(36,37)32-11-13-38-14-12-32/h3-10,15-16H,11-14,17H2,1-2H3,(H,30,34). The highest BCUT2D eigenvalue weighted by molar-refractivity contribution is 7.99. The number of aromatic nitrogens is 2. The van der Waals surface area contributed by atoms with Gasteiger partial charge in [0, 0.05) is 23.8 Å². The van der Waals surface area contributed by atoms with E-state index in [1.807, 2.05) is 31.2 Å². The molecule has 0 saturated carbocycles. The molecule has 1 saturated heterocycles. The zero-order valence-electron chi connectivity index (χ0n) is 21.9. The Balaban J connectivity index is 1.40. The fraction of sp³-hybridized carbons (Fsp3) is 0.250. The monoisotopic (exact) mass is 598 g/mol. The molecule has 4 aromatic rings. The second-order valence-electron chi connectivity index (χ2n) is 9.37. The highest BCUT2D eigenvalue weighted by Gasteiger charge is 2.28. The van der Waals surface area contributed by atoms with E-state index in [1.54, 1.807) is 37.3 Å². The number of thioether (sulfide) groups is 1. The molecule has 1 aromatic heterocycles. The first kappa shape index (κ1) is 28.3. The van der Waals surface area contributed by atoms with Crippen LogP contribution in [0.4, 0.5) is 5.69 Å². The molecule has 1 aliphatic rings. The minimum absolute atomic E-state index is 0.0657. The van der Waals surface area contributed by atoms with Gasteiger partial charge in [-0.25, -0.2) is 13.4 Å². The van der Waals surface area contributed by atoms with Crippen LogP contribution in [0.2, 0.25) is 5.02 Å². The van der Waals surface area contributed by atoms with Crippen LogP contribution < -0.4 is 10.9 Å². The minimum Gasteiger partial charge on any atom is -0.379 e. The van der Waals surface area contributed by atoms with E-state index in [0.717, 1.165) is 17.3 Å². The van der Waals surface area contributed by atoms with Crippen molar-refractivity contribution >= 4 is 55.9 Å². The lowest BCUT2D eigenvalue weighted by Crippen LogP contribution is -2.40. The van der Waals surface area contributed by atoms with Crippen LogP contribution >= 0.6 is 23.4 Å². The lowest BCUT2D eigenvalue weighted by Gasteiger charge is -2.26. The summed E-state index contributed by atoms with van der Waals surface area (Å²) >= 11 is 7.25. The van der Waals surface area contributed by atoms with Crippen molar-refractivity contribution < 1.29 is 17.9 Å². The molecular formula is C28H27ClN4O5S2. The van der Waals surface area contributed by atoms with Gasteiger partial charge in [0.2, 0.25) is 15.9 Å². The summed E-state index contributed by atoms with van der Waals surface area (Å²) in [5.74, 6) is -0.441. The summed E-state index contributed by atoms with van der Waals surface area (Å²) in [5, 5.41) is 3.97. The van der Waals surface area contributed by atoms with Gasteiger partial charge in [-0.2, -0.15) is 4.31 Å². The molecular weight excluding hydrogens is 572 g/mol. The first-order valence-corrected chi connectivity index (χ1v) is 15.3. The summed E-state index contributed by atoms with van der Waals surface area (Å²) in [4.78, 5) is 31.2. The number of nitrogens with zero attached hydrogens (tertiary/aromatic N) is 3. The van der Waals surface area contributed by atoms with Gasteiger partial charge in [0.05, 0.1) is 40.5 Å². The Morgan fingerprint density at radius 3 is 2.50 bits per heavy atom. The Morgan fingerprint density at radius 2 is 1.77 bits per heavy atom. The SMILES string of the molecule is Cc1ccc(-n2c(SCC(=O)Nc3ccc(C)c(S(=O)(=O)N4CCOCC4)c3)nc3cc(Cl)ccc3c2=O)cc1. The lowest BCUT2D eigenvalue weighted by atomic mass is 10.2. The van der Waals surface area contributed by atoms with E-state index in [4.69, 9.17) is 16.3 Å². The Morgan fingerprint density at radius 1 is 1.05 bits per heavy atom. The summed E-state index contributed by atoms with van der Waals surface area (Å²) in [6.45, 7) is 4.92. The fourth-order valence-electron chi connectivity index (χ4n) is 4.37. The van der Waals surface area contributed by atoms with Gasteiger partial charge in [0.1, 0.15) is 0 Å². The number of ether oxygens (including phenoxy) is 1. The topological polar surface area (TPSA) is 111 Å². The molecule has 0 unspecified atom stereocenters. The molecule has 0 spiro atoms. The number of amides is 1. The van der Waals surface area contributed by atoms with Crippen molar-refractivity contribution in [3.63, 3.8) is 0 Å². The zero-order chi connectivity index (χ0) is 28.4. The normalized spacial score (nSPS) is 14.4. The molecule has 3 aromatic carbocycles. The van der Waals surface area contributed by atoms with Gasteiger partial charge in [-0.3, -0.25) is 14.2 Å². The average molecular weight is 599 g/mol. The summed E-state index contributed by atoms with van der Waals surface area (Å²) in [6, 6.07) is 17.1. The molecule has 0 atom stereocenters. The number of benzene rings is 3. The van der Waals surface area contributed by atoms with Gasteiger partial charge in [-0.05, 0) is 61.9 Å². The van der Waals surface area contributed by atoms with Crippen molar-refractivity contribution in [2.45, 2.75) is 23.9 Å². The van der Waals surface area contributed by atoms with E-state index >= 15 is 0 Å². The van der Waals surface area contributed by atoms with E-state index in [2.05, 4.69) is 10.3 Å². The van der Waals surface area contributed by atoms with Crippen molar-refractivity contribution in [3.8, 4) is 5.69 Å². The number of halogens is 1. The number of nitrogens with one attached hydrogen (secondary N) is 1. The summed E-state index contributed by atoms with van der Waals surface area (Å²) < 4.78 is 34.6. The largest absolute Gasteiger partial charge is 0.379 e. The van der Waals surface area contributed by atoms with Crippen molar-refractivity contribution in [1.29, 1.82) is 0 Å². The van der Waals surface area contributed by atoms with Gasteiger partial charge >= 0.3 is 0 Å². The van der Waals surface area contributed by atoms with Crippen LogP contribution in [0.15, 0.2) is 75.5 Å². The predicted octanol–water partition coefficient (Wildman–Crippen LogP) is 4.41. The Labute approximate surface area is 241 Å². The number of aryl methyl sites for hydroxylation is 2. The van der Waals surface area contributed by atoms with E-state index < -0.39 is 10.0 Å². The maximum atomic E-state index is 13.5. The van der Waals surface area contributed by atoms with Crippen LogP contribution in [-0.2, 0) is 19.6 Å². The highest BCUT2D eigenvalue weighted by atomic mass is 35.5. The number of hydrogen-bond acceptors (Lipinski definition) is 7. The number of anilines is 1. The molecule has 0 aliphatic carbocycles. The number of fused-ring (bicyclic) bond motifs is 1. The number of morpholine rings is 1. The summed E-state index contributed by atoms with van der Waals surface area (Å²) in [6.07, 6.45) is 0. The van der Waals surface area contributed by atoms with Crippen LogP contribution in [0, 0.1) is 13.8 Å². The van der Waals surface area contributed by atoms with Crippen LogP contribution in [0.3, 0.4) is 0 Å². The number of carbonyl (C=O) groups excluding carboxylic acids is 1. The number of sulfonamides is 1. The van der Waals surface area contributed by atoms with Gasteiger partial charge < -0.3 is 10.1 Å². The number of hydrogen-bond donors (Lipinski definition) is 1. The van der Waals surface area contributed by atoms with Crippen LogP contribution in [0.25, 0.3) is 16.6 Å². The van der Waals surface area contributed by atoms with Gasteiger partial charge in [-0.1, -0.05) is 47.1 Å². The molecule has 1 N–H and O–H groups in total. The maximum Gasteiger partial charge on any atom is 0.266 e. The Hall–Kier alpha value is -3.22. The lowest BCUT2D eigenvalue weighted by molar-refractivity contribution is -0.113. The van der Waals surface area contributed by atoms with E-state index in [-0.39, 0.29) is 35.2 Å². The molecule has 2 heterocycles. The van der Waals surface area contributed by atoms with Crippen molar-refractivity contribution in [2.24, 2.45) is 0 Å². The highest BCUT2D eigenvalue weighted by Crippen LogP contribution is 2.26. The Kier molecular flexibility index (Phi) is 8.29. The fourth-order valence-corrected chi connectivity index (χ4v) is 7.00. The average Bonchev–Trinajstić information content (AvgIpc) is 2.94. The quantitative estimate of drug-likeness (QED) is 0.248. The predicted molar refractivity (Wildman–Crippen MR) is 157 cm³/mol. The first-order chi connectivity index (χ1) is 19.1. The third kappa shape index (κ3) is 5.93. The molecule has 5 rings (SSSR count). The van der Waals surface area contributed by atoms with E-state index in [9.17, 15) is 18.0 Å². The Bertz CT molecular complexity index is 1750. The second-order valence-corrected chi connectivity index (χ2v) is 12.7. The molecule has 1 aliphatic heterocycles. The molecule has 9 nitrogen and oxygen atoms in total. The van der Waals surface area contributed by atoms with E-state index in [0.29, 0.717) is 51.2 Å². The maximum absolute atomic E-state index is 13.5. The molecule has 1 amide bonds. The molecule has 1 fully saturated rings. The van der Waals surface area contributed by atoms with Gasteiger partial charge in [0.15, 0.2) is 5.16 Å². The first-order valence-electron chi connectivity index (χ1n) is 12.5. The van der Waals surface area contributed by atoms with Crippen molar-refractivity contribution in [3.05, 3.63) is 87.2 Å². The van der Waals surface area contributed by atoms with Gasteiger partial charge in [0.25, 0.3) is 5.56 Å². The smallest absolute Gasteiger partial charge is 0.266 e. The van der Waals surface area contributed by atoms with Crippen molar-refractivity contribution in [1.82, 2.24) is 13.9 Å². The van der Waals surface area contributed by atoms with E-state index in [1.165, 1.54) is 14.9 Å². The summed E-state index contributed by atoms with van der Waals surface area (Å²) in [5.41, 5.74) is 2.76. The minimum atomic E-state index is -3.74. The molecule has 0 bridgehead atoms. The summed E-state index contributed by atoms with van der Waals surface area (Å²) in [7, 11) is -3.74. The number of rotatable bonds is 7. The molecule has 0 radical (unpaired) electrons. The molecule has 40 heavy (non-hydrogen) atoms. The van der Waals surface area contributed by atoms with Crippen LogP contribution in [0.5, 0.6) is 0 Å². The molecule has 12 heteroatoms. The van der Waals surface area contributed by atoms with Gasteiger partial charge in [-0.15, -0.1) is 0 Å². The third-order valence-corrected chi connectivity index (χ3v) is 9.70. The zero-order valence-corrected chi connectivity index (χ0v) is 24.3. The number of carbonyl (C=O) groups is 1. The van der Waals surface area contributed by atoms with Crippen molar-refractivity contribution in [2.75, 3.05) is 37.4 Å². The second kappa shape index (κ2) is 11.7. The van der Waals surface area contributed by atoms with Crippen LogP contribution in [0.1, 0.15) is 11.1 Å². The third-order valence-electron chi connectivity index (χ3n) is 6.48.